The van der Waals surface area contributed by atoms with Crippen molar-refractivity contribution in [2.75, 3.05) is 4.90 Å². The van der Waals surface area contributed by atoms with Gasteiger partial charge in [0.25, 0.3) is 0 Å². The lowest BCUT2D eigenvalue weighted by atomic mass is 9.97. The van der Waals surface area contributed by atoms with Crippen LogP contribution in [0.4, 0.5) is 17.1 Å². The van der Waals surface area contributed by atoms with Gasteiger partial charge in [0.15, 0.2) is 5.75 Å². The fourth-order valence-corrected chi connectivity index (χ4v) is 3.83. The Morgan fingerprint density at radius 1 is 0.655 bits per heavy atom. The van der Waals surface area contributed by atoms with Crippen LogP contribution in [0.5, 0.6) is 5.75 Å². The lowest BCUT2D eigenvalue weighted by Crippen LogP contribution is -2.31. The van der Waals surface area contributed by atoms with Crippen molar-refractivity contribution in [3.05, 3.63) is 120 Å². The molecular formula is C26H22N2O. The lowest BCUT2D eigenvalue weighted by molar-refractivity contribution is 0.134. The van der Waals surface area contributed by atoms with Crippen molar-refractivity contribution in [2.24, 2.45) is 0 Å². The van der Waals surface area contributed by atoms with E-state index in [2.05, 4.69) is 101 Å². The zero-order valence-electron chi connectivity index (χ0n) is 16.0. The summed E-state index contributed by atoms with van der Waals surface area (Å²) >= 11 is 0. The second-order valence-electron chi connectivity index (χ2n) is 7.19. The highest BCUT2D eigenvalue weighted by atomic mass is 16.6. The minimum Gasteiger partial charge on any atom is -0.408 e. The molecular weight excluding hydrogens is 356 g/mol. The molecule has 1 heterocycles. The molecule has 29 heavy (non-hydrogen) atoms. The molecule has 1 aliphatic heterocycles. The molecule has 0 radical (unpaired) electrons. The van der Waals surface area contributed by atoms with Gasteiger partial charge in [-0.25, -0.2) is 0 Å². The van der Waals surface area contributed by atoms with E-state index in [0.29, 0.717) is 0 Å². The summed E-state index contributed by atoms with van der Waals surface area (Å²) in [6.45, 7) is 0. The minimum absolute atomic E-state index is 0.140. The molecule has 3 heteroatoms. The van der Waals surface area contributed by atoms with Gasteiger partial charge in [0.2, 0.25) is 0 Å². The van der Waals surface area contributed by atoms with Crippen molar-refractivity contribution in [1.82, 2.24) is 5.48 Å². The quantitative estimate of drug-likeness (QED) is 0.449. The van der Waals surface area contributed by atoms with Gasteiger partial charge in [-0.1, -0.05) is 66.7 Å². The molecule has 0 saturated carbocycles. The van der Waals surface area contributed by atoms with E-state index in [0.717, 1.165) is 29.2 Å². The maximum Gasteiger partial charge on any atom is 0.150 e. The van der Waals surface area contributed by atoms with E-state index in [-0.39, 0.29) is 6.04 Å². The van der Waals surface area contributed by atoms with Gasteiger partial charge in [-0.15, -0.1) is 5.48 Å². The van der Waals surface area contributed by atoms with Crippen LogP contribution in [0.15, 0.2) is 109 Å². The molecule has 1 atom stereocenters. The first-order valence-corrected chi connectivity index (χ1v) is 9.89. The first kappa shape index (κ1) is 17.5. The van der Waals surface area contributed by atoms with Crippen LogP contribution in [0, 0.1) is 0 Å². The summed E-state index contributed by atoms with van der Waals surface area (Å²) in [6.07, 6.45) is 0.880. The number of hydroxylamine groups is 1. The number of nitrogens with one attached hydrogen (secondary N) is 1. The summed E-state index contributed by atoms with van der Waals surface area (Å²) < 4.78 is 0. The van der Waals surface area contributed by atoms with Gasteiger partial charge in [0.05, 0.1) is 6.04 Å². The first-order chi connectivity index (χ1) is 14.4. The molecule has 0 spiro atoms. The summed E-state index contributed by atoms with van der Waals surface area (Å²) in [4.78, 5) is 8.15. The van der Waals surface area contributed by atoms with Gasteiger partial charge < -0.3 is 9.74 Å². The average molecular weight is 378 g/mol. The third-order valence-corrected chi connectivity index (χ3v) is 5.27. The highest BCUT2D eigenvalue weighted by Gasteiger charge is 2.23. The Morgan fingerprint density at radius 2 is 1.24 bits per heavy atom. The van der Waals surface area contributed by atoms with Gasteiger partial charge in [0, 0.05) is 22.6 Å². The average Bonchev–Trinajstić information content (AvgIpc) is 2.81. The SMILES string of the molecule is c1ccc(C2Cc3cc(N(c4ccccc4)c4ccccc4)ccc3ON2)cc1. The van der Waals surface area contributed by atoms with Crippen LogP contribution in [0.1, 0.15) is 17.2 Å². The van der Waals surface area contributed by atoms with Crippen LogP contribution in [0.2, 0.25) is 0 Å². The van der Waals surface area contributed by atoms with Crippen molar-refractivity contribution < 1.29 is 4.84 Å². The van der Waals surface area contributed by atoms with Crippen molar-refractivity contribution in [3.8, 4) is 5.75 Å². The molecule has 142 valence electrons. The third-order valence-electron chi connectivity index (χ3n) is 5.27. The Balaban J connectivity index is 1.54. The van der Waals surface area contributed by atoms with Crippen molar-refractivity contribution in [1.29, 1.82) is 0 Å². The zero-order chi connectivity index (χ0) is 19.5. The number of benzene rings is 4. The number of nitrogens with zero attached hydrogens (tertiary/aromatic N) is 1. The number of fused-ring (bicyclic) bond motifs is 1. The summed E-state index contributed by atoms with van der Waals surface area (Å²) in [7, 11) is 0. The molecule has 4 aromatic carbocycles. The summed E-state index contributed by atoms with van der Waals surface area (Å²) in [5.74, 6) is 0.891. The number of hydrogen-bond donors (Lipinski definition) is 1. The molecule has 1 aliphatic rings. The monoisotopic (exact) mass is 378 g/mol. The largest absolute Gasteiger partial charge is 0.408 e. The molecule has 0 bridgehead atoms. The third kappa shape index (κ3) is 3.60. The predicted octanol–water partition coefficient (Wildman–Crippen LogP) is 6.34. The normalized spacial score (nSPS) is 15.2. The number of rotatable bonds is 4. The topological polar surface area (TPSA) is 24.5 Å². The van der Waals surface area contributed by atoms with Gasteiger partial charge >= 0.3 is 0 Å². The van der Waals surface area contributed by atoms with E-state index >= 15 is 0 Å². The Labute approximate surface area is 171 Å². The lowest BCUT2D eigenvalue weighted by Gasteiger charge is -2.29. The number of anilines is 3. The van der Waals surface area contributed by atoms with E-state index in [4.69, 9.17) is 4.84 Å². The second-order valence-corrected chi connectivity index (χ2v) is 7.19. The Morgan fingerprint density at radius 3 is 1.86 bits per heavy atom. The van der Waals surface area contributed by atoms with E-state index in [9.17, 15) is 0 Å². The molecule has 0 aromatic heterocycles. The summed E-state index contributed by atoms with van der Waals surface area (Å²) in [5, 5.41) is 0. The number of para-hydroxylation sites is 2. The highest BCUT2D eigenvalue weighted by molar-refractivity contribution is 5.77. The number of hydrogen-bond acceptors (Lipinski definition) is 3. The Kier molecular flexibility index (Phi) is 4.73. The molecule has 0 fully saturated rings. The van der Waals surface area contributed by atoms with Crippen molar-refractivity contribution in [2.45, 2.75) is 12.5 Å². The van der Waals surface area contributed by atoms with Gasteiger partial charge in [-0.2, -0.15) is 0 Å². The van der Waals surface area contributed by atoms with Crippen LogP contribution in [0.25, 0.3) is 0 Å². The smallest absolute Gasteiger partial charge is 0.150 e. The molecule has 4 aromatic rings. The van der Waals surface area contributed by atoms with Gasteiger partial charge in [0.1, 0.15) is 0 Å². The zero-order valence-corrected chi connectivity index (χ0v) is 16.0. The predicted molar refractivity (Wildman–Crippen MR) is 118 cm³/mol. The molecule has 0 aliphatic carbocycles. The van der Waals surface area contributed by atoms with E-state index in [1.54, 1.807) is 0 Å². The van der Waals surface area contributed by atoms with Gasteiger partial charge in [-0.05, 0) is 54.4 Å². The fourth-order valence-electron chi connectivity index (χ4n) is 3.83. The van der Waals surface area contributed by atoms with Crippen LogP contribution in [-0.4, -0.2) is 0 Å². The molecule has 1 unspecified atom stereocenters. The van der Waals surface area contributed by atoms with Crippen LogP contribution in [-0.2, 0) is 6.42 Å². The van der Waals surface area contributed by atoms with E-state index in [1.807, 2.05) is 18.2 Å². The molecule has 3 nitrogen and oxygen atoms in total. The second kappa shape index (κ2) is 7.82. The van der Waals surface area contributed by atoms with Crippen molar-refractivity contribution in [3.63, 3.8) is 0 Å². The molecule has 0 amide bonds. The standard InChI is InChI=1S/C26H22N2O/c1-4-10-20(11-5-1)25-19-21-18-24(16-17-26(21)29-27-25)28(22-12-6-2-7-13-22)23-14-8-3-9-15-23/h1-18,25,27H,19H2. The Hall–Kier alpha value is -3.56. The molecule has 5 rings (SSSR count). The maximum absolute atomic E-state index is 5.87. The molecule has 1 N–H and O–H groups in total. The summed E-state index contributed by atoms with van der Waals surface area (Å²) in [5.41, 5.74) is 9.01. The fraction of sp³-hybridized carbons (Fsp3) is 0.0769. The van der Waals surface area contributed by atoms with Gasteiger partial charge in [-0.3, -0.25) is 0 Å². The molecule has 0 saturated heterocycles. The summed E-state index contributed by atoms with van der Waals surface area (Å²) in [6, 6.07) is 37.9. The first-order valence-electron chi connectivity index (χ1n) is 9.89. The highest BCUT2D eigenvalue weighted by Crippen LogP contribution is 2.38. The van der Waals surface area contributed by atoms with Crippen LogP contribution >= 0.6 is 0 Å². The maximum atomic E-state index is 5.87. The minimum atomic E-state index is 0.140. The van der Waals surface area contributed by atoms with Crippen LogP contribution < -0.4 is 15.2 Å². The van der Waals surface area contributed by atoms with E-state index < -0.39 is 0 Å². The Bertz CT molecular complexity index is 1040. The van der Waals surface area contributed by atoms with Crippen molar-refractivity contribution >= 4 is 17.1 Å². The van der Waals surface area contributed by atoms with E-state index in [1.165, 1.54) is 11.1 Å². The van der Waals surface area contributed by atoms with Crippen LogP contribution in [0.3, 0.4) is 0 Å².